The molecule has 1 aliphatic carbocycles. The molecule has 0 radical (unpaired) electrons. The third-order valence-corrected chi connectivity index (χ3v) is 3.85. The number of halogens is 3. The van der Waals surface area contributed by atoms with Crippen LogP contribution >= 0.6 is 0 Å². The van der Waals surface area contributed by atoms with Crippen LogP contribution in [-0.4, -0.2) is 42.9 Å². The van der Waals surface area contributed by atoms with Gasteiger partial charge in [0.05, 0.1) is 18.8 Å². The van der Waals surface area contributed by atoms with Crippen LogP contribution in [0.4, 0.5) is 18.9 Å². The van der Waals surface area contributed by atoms with Crippen molar-refractivity contribution in [3.05, 3.63) is 29.6 Å². The summed E-state index contributed by atoms with van der Waals surface area (Å²) in [6.07, 6.45) is 2.22. The van der Waals surface area contributed by atoms with Crippen molar-refractivity contribution in [3.8, 4) is 0 Å². The molecule has 5 nitrogen and oxygen atoms in total. The van der Waals surface area contributed by atoms with Crippen LogP contribution in [0.15, 0.2) is 12.1 Å². The van der Waals surface area contributed by atoms with E-state index < -0.39 is 29.0 Å². The third kappa shape index (κ3) is 4.95. The fourth-order valence-electron chi connectivity index (χ4n) is 2.37. The number of hydrogen-bond acceptors (Lipinski definition) is 3. The van der Waals surface area contributed by atoms with Crippen LogP contribution in [-0.2, 0) is 9.59 Å². The first-order valence-corrected chi connectivity index (χ1v) is 7.69. The zero-order chi connectivity index (χ0) is 17.9. The van der Waals surface area contributed by atoms with E-state index in [9.17, 15) is 22.8 Å². The first-order chi connectivity index (χ1) is 11.3. The largest absolute Gasteiger partial charge is 0.352 e. The molecule has 0 unspecified atom stereocenters. The molecule has 0 saturated heterocycles. The van der Waals surface area contributed by atoms with Gasteiger partial charge < -0.3 is 10.6 Å². The van der Waals surface area contributed by atoms with Crippen LogP contribution in [0, 0.1) is 23.4 Å². The lowest BCUT2D eigenvalue weighted by Crippen LogP contribution is -2.42. The lowest BCUT2D eigenvalue weighted by molar-refractivity contribution is -0.123. The summed E-state index contributed by atoms with van der Waals surface area (Å²) in [7, 11) is 1.56. The summed E-state index contributed by atoms with van der Waals surface area (Å²) >= 11 is 0. The Morgan fingerprint density at radius 3 is 2.42 bits per heavy atom. The van der Waals surface area contributed by atoms with Gasteiger partial charge in [0.1, 0.15) is 0 Å². The first-order valence-electron chi connectivity index (χ1n) is 7.69. The predicted octanol–water partition coefficient (Wildman–Crippen LogP) is 1.89. The molecule has 0 aromatic heterocycles. The van der Waals surface area contributed by atoms with E-state index in [0.29, 0.717) is 5.92 Å². The van der Waals surface area contributed by atoms with Crippen LogP contribution in [0.1, 0.15) is 19.8 Å². The molecule has 1 aromatic carbocycles. The number of likely N-dealkylation sites (N-methyl/N-ethyl adjacent to an activating group) is 1. The van der Waals surface area contributed by atoms with Crippen molar-refractivity contribution in [1.29, 1.82) is 0 Å². The lowest BCUT2D eigenvalue weighted by Gasteiger charge is -2.18. The summed E-state index contributed by atoms with van der Waals surface area (Å²) in [4.78, 5) is 25.1. The van der Waals surface area contributed by atoms with Gasteiger partial charge in [-0.2, -0.15) is 0 Å². The fraction of sp³-hybridized carbons (Fsp3) is 0.500. The molecule has 1 aromatic rings. The van der Waals surface area contributed by atoms with Crippen LogP contribution in [0.2, 0.25) is 0 Å². The zero-order valence-electron chi connectivity index (χ0n) is 13.5. The Morgan fingerprint density at radius 2 is 1.79 bits per heavy atom. The van der Waals surface area contributed by atoms with E-state index >= 15 is 0 Å². The molecule has 0 heterocycles. The van der Waals surface area contributed by atoms with Crippen molar-refractivity contribution in [2.75, 3.05) is 25.5 Å². The molecule has 1 atom stereocenters. The summed E-state index contributed by atoms with van der Waals surface area (Å²) in [6.45, 7) is 1.75. The number of carbonyl (C=O) groups is 2. The molecule has 24 heavy (non-hydrogen) atoms. The molecule has 2 N–H and O–H groups in total. The number of rotatable bonds is 7. The average Bonchev–Trinajstić information content (AvgIpc) is 3.32. The third-order valence-electron chi connectivity index (χ3n) is 3.85. The van der Waals surface area contributed by atoms with E-state index in [-0.39, 0.29) is 25.0 Å². The quantitative estimate of drug-likeness (QED) is 0.743. The van der Waals surface area contributed by atoms with Crippen molar-refractivity contribution in [3.63, 3.8) is 0 Å². The van der Waals surface area contributed by atoms with E-state index in [4.69, 9.17) is 0 Å². The number of nitrogens with one attached hydrogen (secondary N) is 2. The Morgan fingerprint density at radius 1 is 1.17 bits per heavy atom. The highest BCUT2D eigenvalue weighted by molar-refractivity contribution is 5.92. The van der Waals surface area contributed by atoms with Gasteiger partial charge in [0.2, 0.25) is 11.8 Å². The zero-order valence-corrected chi connectivity index (χ0v) is 13.5. The topological polar surface area (TPSA) is 61.4 Å². The fourth-order valence-corrected chi connectivity index (χ4v) is 2.37. The lowest BCUT2D eigenvalue weighted by atomic mass is 10.2. The van der Waals surface area contributed by atoms with Crippen molar-refractivity contribution in [2.24, 2.45) is 5.92 Å². The van der Waals surface area contributed by atoms with E-state index in [1.165, 1.54) is 4.90 Å². The highest BCUT2D eigenvalue weighted by Gasteiger charge is 2.29. The predicted molar refractivity (Wildman–Crippen MR) is 82.8 cm³/mol. The summed E-state index contributed by atoms with van der Waals surface area (Å²) < 4.78 is 39.4. The summed E-state index contributed by atoms with van der Waals surface area (Å²) in [5.41, 5.74) is -0.445. The molecule has 1 aliphatic rings. The van der Waals surface area contributed by atoms with E-state index in [0.717, 1.165) is 25.0 Å². The summed E-state index contributed by atoms with van der Waals surface area (Å²) in [5.74, 6) is -4.74. The highest BCUT2D eigenvalue weighted by atomic mass is 19.2. The monoisotopic (exact) mass is 343 g/mol. The number of hydrogen-bond donors (Lipinski definition) is 2. The molecule has 0 bridgehead atoms. The molecule has 0 spiro atoms. The Labute approximate surface area is 138 Å². The van der Waals surface area contributed by atoms with E-state index in [1.54, 1.807) is 7.05 Å². The SMILES string of the molecule is C[C@@H](NC(=O)CN(C)CC(=O)Nc1ccc(F)c(F)c1F)C1CC1. The van der Waals surface area contributed by atoms with Crippen LogP contribution in [0.25, 0.3) is 0 Å². The molecule has 0 aliphatic heterocycles. The number of nitrogens with zero attached hydrogens (tertiary/aromatic N) is 1. The second-order valence-corrected chi connectivity index (χ2v) is 6.14. The normalized spacial score (nSPS) is 15.2. The number of benzene rings is 1. The number of anilines is 1. The van der Waals surface area contributed by atoms with E-state index in [2.05, 4.69) is 10.6 Å². The van der Waals surface area contributed by atoms with Crippen molar-refractivity contribution in [2.45, 2.75) is 25.8 Å². The van der Waals surface area contributed by atoms with Gasteiger partial charge >= 0.3 is 0 Å². The minimum atomic E-state index is -1.64. The van der Waals surface area contributed by atoms with Gasteiger partial charge in [-0.3, -0.25) is 14.5 Å². The highest BCUT2D eigenvalue weighted by Crippen LogP contribution is 2.32. The van der Waals surface area contributed by atoms with Gasteiger partial charge in [-0.15, -0.1) is 0 Å². The maximum atomic E-state index is 13.5. The number of amides is 2. The van der Waals surface area contributed by atoms with Crippen molar-refractivity contribution in [1.82, 2.24) is 10.2 Å². The van der Waals surface area contributed by atoms with Crippen molar-refractivity contribution >= 4 is 17.5 Å². The maximum absolute atomic E-state index is 13.5. The van der Waals surface area contributed by atoms with Gasteiger partial charge in [-0.25, -0.2) is 13.2 Å². The van der Waals surface area contributed by atoms with Gasteiger partial charge in [-0.1, -0.05) is 0 Å². The molecule has 8 heteroatoms. The van der Waals surface area contributed by atoms with Crippen LogP contribution in [0.5, 0.6) is 0 Å². The van der Waals surface area contributed by atoms with Gasteiger partial charge in [-0.05, 0) is 44.9 Å². The maximum Gasteiger partial charge on any atom is 0.238 e. The van der Waals surface area contributed by atoms with Gasteiger partial charge in [0.15, 0.2) is 17.5 Å². The minimum absolute atomic E-state index is 0.00470. The Balaban J connectivity index is 1.81. The first kappa shape index (κ1) is 18.3. The molecule has 2 rings (SSSR count). The van der Waals surface area contributed by atoms with E-state index in [1.807, 2.05) is 6.92 Å². The second kappa shape index (κ2) is 7.65. The molecule has 132 valence electrons. The smallest absolute Gasteiger partial charge is 0.238 e. The number of carbonyl (C=O) groups excluding carboxylic acids is 2. The molecule has 1 fully saturated rings. The minimum Gasteiger partial charge on any atom is -0.352 e. The van der Waals surface area contributed by atoms with Gasteiger partial charge in [0, 0.05) is 6.04 Å². The molecular formula is C16H20F3N3O2. The van der Waals surface area contributed by atoms with Crippen molar-refractivity contribution < 1.29 is 22.8 Å². The summed E-state index contributed by atoms with van der Waals surface area (Å²) in [6, 6.07) is 1.77. The molecular weight excluding hydrogens is 323 g/mol. The van der Waals surface area contributed by atoms with Crippen LogP contribution in [0.3, 0.4) is 0 Å². The summed E-state index contributed by atoms with van der Waals surface area (Å²) in [5, 5.41) is 5.01. The average molecular weight is 343 g/mol. The Hall–Kier alpha value is -2.09. The molecule has 2 amide bonds. The molecule has 1 saturated carbocycles. The van der Waals surface area contributed by atoms with Gasteiger partial charge in [0.25, 0.3) is 0 Å². The Bertz CT molecular complexity index is 635. The Kier molecular flexibility index (Phi) is 5.82. The van der Waals surface area contributed by atoms with Crippen LogP contribution < -0.4 is 10.6 Å². The second-order valence-electron chi connectivity index (χ2n) is 6.14. The standard InChI is InChI=1S/C16H20F3N3O2/c1-9(10-3-4-10)20-13(23)7-22(2)8-14(24)21-12-6-5-11(17)15(18)16(12)19/h5-6,9-10H,3-4,7-8H2,1-2H3,(H,20,23)(H,21,24)/t9-/m1/s1.